The quantitative estimate of drug-likeness (QED) is 0.710. The molecule has 2 N–H and O–H groups in total. The Kier molecular flexibility index (Phi) is 7.52. The molecule has 0 unspecified atom stereocenters. The molecule has 2 aromatic rings. The van der Waals surface area contributed by atoms with E-state index in [1.807, 2.05) is 41.8 Å². The molecule has 0 spiro atoms. The number of alkyl halides is 3. The highest BCUT2D eigenvalue weighted by atomic mass is 19.4. The Morgan fingerprint density at radius 1 is 0.812 bits per heavy atom. The van der Waals surface area contributed by atoms with Crippen LogP contribution in [0.25, 0.3) is 0 Å². The first kappa shape index (κ1) is 23.7. The number of amides is 2. The van der Waals surface area contributed by atoms with Crippen molar-refractivity contribution in [2.45, 2.75) is 20.0 Å². The third kappa shape index (κ3) is 6.30. The first-order valence-corrected chi connectivity index (χ1v) is 10.4. The van der Waals surface area contributed by atoms with E-state index in [-0.39, 0.29) is 24.7 Å². The van der Waals surface area contributed by atoms with Crippen molar-refractivity contribution in [2.24, 2.45) is 0 Å². The van der Waals surface area contributed by atoms with Crippen molar-refractivity contribution in [3.63, 3.8) is 0 Å². The third-order valence-corrected chi connectivity index (χ3v) is 5.58. The van der Waals surface area contributed by atoms with Gasteiger partial charge in [0.1, 0.15) is 0 Å². The minimum Gasteiger partial charge on any atom is -0.325 e. The summed E-state index contributed by atoms with van der Waals surface area (Å²) in [6, 6.07) is 10.7. The Balaban J connectivity index is 1.45. The second kappa shape index (κ2) is 10.1. The number of nitrogens with zero attached hydrogens (tertiary/aromatic N) is 2. The first-order valence-electron chi connectivity index (χ1n) is 10.4. The van der Waals surface area contributed by atoms with Gasteiger partial charge in [-0.3, -0.25) is 19.4 Å². The fourth-order valence-electron chi connectivity index (χ4n) is 3.62. The Labute approximate surface area is 185 Å². The molecule has 32 heavy (non-hydrogen) atoms. The van der Waals surface area contributed by atoms with Crippen LogP contribution in [0.1, 0.15) is 16.7 Å². The highest BCUT2D eigenvalue weighted by Crippen LogP contribution is 2.34. The lowest BCUT2D eigenvalue weighted by molar-refractivity contribution is -0.137. The average Bonchev–Trinajstić information content (AvgIpc) is 2.72. The van der Waals surface area contributed by atoms with Gasteiger partial charge in [-0.15, -0.1) is 0 Å². The number of nitrogens with one attached hydrogen (secondary N) is 2. The van der Waals surface area contributed by atoms with E-state index in [1.54, 1.807) is 0 Å². The molecular weight excluding hydrogens is 421 g/mol. The van der Waals surface area contributed by atoms with Gasteiger partial charge in [0, 0.05) is 31.9 Å². The molecule has 2 aromatic carbocycles. The molecule has 0 aliphatic carbocycles. The number of hydrogen-bond donors (Lipinski definition) is 2. The van der Waals surface area contributed by atoms with Gasteiger partial charge in [0.15, 0.2) is 0 Å². The van der Waals surface area contributed by atoms with Gasteiger partial charge in [-0.1, -0.05) is 24.3 Å². The van der Waals surface area contributed by atoms with E-state index in [4.69, 9.17) is 0 Å². The maximum Gasteiger partial charge on any atom is 0.418 e. The van der Waals surface area contributed by atoms with Crippen LogP contribution < -0.4 is 10.6 Å². The predicted octanol–water partition coefficient (Wildman–Crippen LogP) is 3.52. The van der Waals surface area contributed by atoms with E-state index < -0.39 is 17.6 Å². The van der Waals surface area contributed by atoms with Crippen molar-refractivity contribution in [1.82, 2.24) is 9.80 Å². The van der Waals surface area contributed by atoms with E-state index in [1.165, 1.54) is 18.2 Å². The number of hydrogen-bond acceptors (Lipinski definition) is 4. The van der Waals surface area contributed by atoms with E-state index in [0.29, 0.717) is 26.2 Å². The lowest BCUT2D eigenvalue weighted by Crippen LogP contribution is -2.50. The molecule has 0 aromatic heterocycles. The van der Waals surface area contributed by atoms with Gasteiger partial charge in [0.2, 0.25) is 11.8 Å². The fourth-order valence-corrected chi connectivity index (χ4v) is 3.62. The maximum absolute atomic E-state index is 13.1. The van der Waals surface area contributed by atoms with Crippen LogP contribution in [0.4, 0.5) is 24.5 Å². The lowest BCUT2D eigenvalue weighted by Gasteiger charge is -2.33. The molecule has 9 heteroatoms. The predicted molar refractivity (Wildman–Crippen MR) is 117 cm³/mol. The van der Waals surface area contributed by atoms with Crippen LogP contribution in [0.15, 0.2) is 42.5 Å². The van der Waals surface area contributed by atoms with E-state index in [9.17, 15) is 22.8 Å². The van der Waals surface area contributed by atoms with Crippen LogP contribution in [-0.2, 0) is 15.8 Å². The van der Waals surface area contributed by atoms with E-state index in [0.717, 1.165) is 22.9 Å². The monoisotopic (exact) mass is 448 g/mol. The zero-order valence-corrected chi connectivity index (χ0v) is 18.1. The van der Waals surface area contributed by atoms with Gasteiger partial charge in [-0.05, 0) is 43.2 Å². The largest absolute Gasteiger partial charge is 0.418 e. The standard InChI is InChI=1S/C23H27F3N4O2/c1-16-6-5-9-19(17(16)2)27-21(31)14-29-10-12-30(13-11-29)15-22(32)28-20-8-4-3-7-18(20)23(24,25)26/h3-9H,10-15H2,1-2H3,(H,27,31)(H,28,32). The van der Waals surface area contributed by atoms with Crippen molar-refractivity contribution in [1.29, 1.82) is 0 Å². The molecule has 0 saturated carbocycles. The Morgan fingerprint density at radius 3 is 1.88 bits per heavy atom. The molecule has 1 aliphatic rings. The normalized spacial score (nSPS) is 15.4. The first-order chi connectivity index (χ1) is 15.1. The van der Waals surface area contributed by atoms with Gasteiger partial charge in [-0.25, -0.2) is 0 Å². The molecular formula is C23H27F3N4O2. The van der Waals surface area contributed by atoms with Crippen LogP contribution in [0, 0.1) is 13.8 Å². The zero-order valence-electron chi connectivity index (χ0n) is 18.1. The summed E-state index contributed by atoms with van der Waals surface area (Å²) in [4.78, 5) is 28.5. The summed E-state index contributed by atoms with van der Waals surface area (Å²) >= 11 is 0. The number of anilines is 2. The number of carbonyl (C=O) groups excluding carboxylic acids is 2. The summed E-state index contributed by atoms with van der Waals surface area (Å²) in [7, 11) is 0. The van der Waals surface area contributed by atoms with Gasteiger partial charge in [-0.2, -0.15) is 13.2 Å². The van der Waals surface area contributed by atoms with Crippen LogP contribution in [0.2, 0.25) is 0 Å². The summed E-state index contributed by atoms with van der Waals surface area (Å²) in [6.07, 6.45) is -4.53. The summed E-state index contributed by atoms with van der Waals surface area (Å²) in [5.41, 5.74) is 1.82. The van der Waals surface area contributed by atoms with Crippen molar-refractivity contribution in [2.75, 3.05) is 49.9 Å². The Hall–Kier alpha value is -2.91. The lowest BCUT2D eigenvalue weighted by atomic mass is 10.1. The molecule has 2 amide bonds. The van der Waals surface area contributed by atoms with Crippen LogP contribution in [0.3, 0.4) is 0 Å². The van der Waals surface area contributed by atoms with Crippen molar-refractivity contribution in [3.05, 3.63) is 59.2 Å². The number of aryl methyl sites for hydroxylation is 1. The van der Waals surface area contributed by atoms with Gasteiger partial charge >= 0.3 is 6.18 Å². The number of halogens is 3. The third-order valence-electron chi connectivity index (χ3n) is 5.58. The maximum atomic E-state index is 13.1. The highest BCUT2D eigenvalue weighted by Gasteiger charge is 2.33. The van der Waals surface area contributed by atoms with Crippen molar-refractivity contribution in [3.8, 4) is 0 Å². The summed E-state index contributed by atoms with van der Waals surface area (Å²) < 4.78 is 39.3. The number of benzene rings is 2. The highest BCUT2D eigenvalue weighted by molar-refractivity contribution is 5.93. The molecule has 6 nitrogen and oxygen atoms in total. The molecule has 0 radical (unpaired) electrons. The second-order valence-electron chi connectivity index (χ2n) is 7.94. The minimum atomic E-state index is -4.53. The van der Waals surface area contributed by atoms with Crippen molar-refractivity contribution < 1.29 is 22.8 Å². The Bertz CT molecular complexity index is 970. The number of piperazine rings is 1. The molecule has 1 fully saturated rings. The molecule has 0 bridgehead atoms. The minimum absolute atomic E-state index is 0.00524. The zero-order chi connectivity index (χ0) is 23.3. The molecule has 0 atom stereocenters. The van der Waals surface area contributed by atoms with Crippen molar-refractivity contribution >= 4 is 23.2 Å². The Morgan fingerprint density at radius 2 is 1.31 bits per heavy atom. The molecule has 1 heterocycles. The molecule has 1 aliphatic heterocycles. The molecule has 1 saturated heterocycles. The van der Waals surface area contributed by atoms with E-state index in [2.05, 4.69) is 10.6 Å². The van der Waals surface area contributed by atoms with Gasteiger partial charge in [0.05, 0.1) is 24.3 Å². The summed E-state index contributed by atoms with van der Waals surface area (Å²) in [6.45, 7) is 6.46. The number of rotatable bonds is 6. The smallest absolute Gasteiger partial charge is 0.325 e. The number of para-hydroxylation sites is 1. The fraction of sp³-hybridized carbons (Fsp3) is 0.391. The van der Waals surface area contributed by atoms with Crippen LogP contribution in [0.5, 0.6) is 0 Å². The second-order valence-corrected chi connectivity index (χ2v) is 7.94. The summed E-state index contributed by atoms with van der Waals surface area (Å²) in [5.74, 6) is -0.600. The topological polar surface area (TPSA) is 64.7 Å². The number of carbonyl (C=O) groups is 2. The van der Waals surface area contributed by atoms with Gasteiger partial charge in [0.25, 0.3) is 0 Å². The average molecular weight is 448 g/mol. The summed E-state index contributed by atoms with van der Waals surface area (Å²) in [5, 5.41) is 5.30. The van der Waals surface area contributed by atoms with Gasteiger partial charge < -0.3 is 10.6 Å². The van der Waals surface area contributed by atoms with E-state index >= 15 is 0 Å². The molecule has 3 rings (SSSR count). The molecule has 172 valence electrons. The van der Waals surface area contributed by atoms with Crippen LogP contribution in [-0.4, -0.2) is 60.9 Å². The SMILES string of the molecule is Cc1cccc(NC(=O)CN2CCN(CC(=O)Nc3ccccc3C(F)(F)F)CC2)c1C. The van der Waals surface area contributed by atoms with Crippen LogP contribution >= 0.6 is 0 Å².